The van der Waals surface area contributed by atoms with E-state index in [4.69, 9.17) is 14.2 Å². The van der Waals surface area contributed by atoms with Gasteiger partial charge in [0.2, 0.25) is 0 Å². The van der Waals surface area contributed by atoms with E-state index < -0.39 is 42.1 Å². The first kappa shape index (κ1) is 37.9. The number of hydrogen-bond donors (Lipinski definition) is 4. The van der Waals surface area contributed by atoms with Crippen LogP contribution in [-0.4, -0.2) is 49.9 Å². The molecule has 0 radical (unpaired) electrons. The van der Waals surface area contributed by atoms with Crippen molar-refractivity contribution in [3.63, 3.8) is 0 Å². The number of alkyl carbamates (subject to hydrolysis) is 2. The van der Waals surface area contributed by atoms with Gasteiger partial charge in [-0.25, -0.2) is 19.6 Å². The summed E-state index contributed by atoms with van der Waals surface area (Å²) >= 11 is 0. The fourth-order valence-electron chi connectivity index (χ4n) is 5.20. The van der Waals surface area contributed by atoms with Crippen molar-refractivity contribution in [3.8, 4) is 39.4 Å². The van der Waals surface area contributed by atoms with Gasteiger partial charge in [-0.2, -0.15) is 8.78 Å². The summed E-state index contributed by atoms with van der Waals surface area (Å²) in [5.41, 5.74) is 2.56. The number of nitrogens with one attached hydrogen (secondary N) is 4. The molecule has 4 rings (SSSR count). The fourth-order valence-corrected chi connectivity index (χ4v) is 5.20. The van der Waals surface area contributed by atoms with Gasteiger partial charge in [0.1, 0.15) is 28.6 Å². The third kappa shape index (κ3) is 10.3. The molecule has 0 saturated carbocycles. The first-order chi connectivity index (χ1) is 23.3. The number of carbonyl (C=O) groups excluding carboxylic acids is 2. The van der Waals surface area contributed by atoms with Crippen LogP contribution in [0.1, 0.15) is 93.0 Å². The molecule has 50 heavy (non-hydrogen) atoms. The van der Waals surface area contributed by atoms with Crippen LogP contribution in [0.25, 0.3) is 33.6 Å². The van der Waals surface area contributed by atoms with E-state index in [1.54, 1.807) is 59.9 Å². The molecule has 4 aromatic rings. The normalized spacial score (nSPS) is 13.3. The average molecular weight is 695 g/mol. The Morgan fingerprint density at radius 1 is 0.680 bits per heavy atom. The number of hydrogen-bond acceptors (Lipinski definition) is 7. The molecule has 2 heterocycles. The predicted molar refractivity (Wildman–Crippen MR) is 188 cm³/mol. The average Bonchev–Trinajstić information content (AvgIpc) is 3.67. The Bertz CT molecular complexity index is 1750. The minimum Gasteiger partial charge on any atom is -0.444 e. The van der Waals surface area contributed by atoms with Gasteiger partial charge in [-0.15, -0.1) is 0 Å². The second kappa shape index (κ2) is 15.3. The van der Waals surface area contributed by atoms with E-state index in [1.807, 2.05) is 58.0 Å². The molecule has 2 atom stereocenters. The van der Waals surface area contributed by atoms with E-state index in [-0.39, 0.29) is 17.6 Å². The zero-order chi connectivity index (χ0) is 37.0. The maximum absolute atomic E-state index is 13.6. The Morgan fingerprint density at radius 2 is 1.12 bits per heavy atom. The van der Waals surface area contributed by atoms with Crippen molar-refractivity contribution >= 4 is 12.2 Å². The van der Waals surface area contributed by atoms with Crippen LogP contribution in [0.2, 0.25) is 0 Å². The first-order valence-electron chi connectivity index (χ1n) is 16.6. The molecular weight excluding hydrogens is 646 g/mol. The molecule has 2 aromatic heterocycles. The Kier molecular flexibility index (Phi) is 11.6. The van der Waals surface area contributed by atoms with Crippen LogP contribution in [0.5, 0.6) is 5.75 Å². The molecule has 0 aliphatic rings. The number of halogens is 2. The molecular formula is C37H48F2N6O5. The Labute approximate surface area is 291 Å². The summed E-state index contributed by atoms with van der Waals surface area (Å²) in [6, 6.07) is 11.7. The summed E-state index contributed by atoms with van der Waals surface area (Å²) in [5, 5.41) is 5.74. The van der Waals surface area contributed by atoms with Crippen molar-refractivity contribution in [2.45, 2.75) is 99.1 Å². The molecule has 2 aromatic carbocycles. The molecule has 0 spiro atoms. The van der Waals surface area contributed by atoms with Crippen molar-refractivity contribution in [2.24, 2.45) is 11.8 Å². The third-order valence-corrected chi connectivity index (χ3v) is 7.48. The van der Waals surface area contributed by atoms with Crippen LogP contribution in [0.4, 0.5) is 18.4 Å². The molecule has 0 saturated heterocycles. The molecule has 0 aliphatic heterocycles. The standard InChI is InChI=1S/C37H48F2N6O5/c1-20(2)29(44-34(46)49-36(5,6)7)31-40-18-26(42-31)23-13-11-22(12-14-23)24-15-16-25(28(17-24)48-33(38)39)27-19-41-32(43-27)30(21(3)4)45-35(47)50-37(8,9)10/h11-21,29-30,33H,1-10H3,(H,40,42)(H,41,43)(H,44,46)(H,45,47)/t29-,30-/m0/s1. The quantitative estimate of drug-likeness (QED) is 0.123. The largest absolute Gasteiger partial charge is 0.444 e. The lowest BCUT2D eigenvalue weighted by Gasteiger charge is -2.24. The molecule has 270 valence electrons. The Balaban J connectivity index is 1.56. The van der Waals surface area contributed by atoms with E-state index in [1.165, 1.54) is 6.20 Å². The van der Waals surface area contributed by atoms with E-state index in [0.717, 1.165) is 16.8 Å². The number of nitrogens with zero attached hydrogens (tertiary/aromatic N) is 2. The van der Waals surface area contributed by atoms with E-state index in [9.17, 15) is 18.4 Å². The van der Waals surface area contributed by atoms with Gasteiger partial charge in [0.05, 0.1) is 35.9 Å². The van der Waals surface area contributed by atoms with Crippen molar-refractivity contribution in [3.05, 3.63) is 66.5 Å². The summed E-state index contributed by atoms with van der Waals surface area (Å²) < 4.78 is 43.0. The number of imidazole rings is 2. The molecule has 2 amide bonds. The highest BCUT2D eigenvalue weighted by atomic mass is 19.3. The van der Waals surface area contributed by atoms with Crippen molar-refractivity contribution in [1.29, 1.82) is 0 Å². The number of benzene rings is 2. The van der Waals surface area contributed by atoms with Crippen LogP contribution in [-0.2, 0) is 9.47 Å². The van der Waals surface area contributed by atoms with Crippen molar-refractivity contribution in [2.75, 3.05) is 0 Å². The van der Waals surface area contributed by atoms with Gasteiger partial charge in [0.25, 0.3) is 0 Å². The van der Waals surface area contributed by atoms with Crippen LogP contribution < -0.4 is 15.4 Å². The number of ether oxygens (including phenoxy) is 3. The molecule has 4 N–H and O–H groups in total. The summed E-state index contributed by atoms with van der Waals surface area (Å²) in [5.74, 6) is 0.994. The Hall–Kier alpha value is -4.94. The number of rotatable bonds is 11. The maximum Gasteiger partial charge on any atom is 0.408 e. The summed E-state index contributed by atoms with van der Waals surface area (Å²) in [6.07, 6.45) is 2.11. The van der Waals surface area contributed by atoms with Crippen LogP contribution in [0, 0.1) is 11.8 Å². The topological polar surface area (TPSA) is 143 Å². The van der Waals surface area contributed by atoms with Crippen LogP contribution >= 0.6 is 0 Å². The number of H-pyrrole nitrogens is 2. The maximum atomic E-state index is 13.6. The molecule has 0 unspecified atom stereocenters. The molecule has 0 bridgehead atoms. The molecule has 0 aliphatic carbocycles. The highest BCUT2D eigenvalue weighted by molar-refractivity contribution is 5.76. The Morgan fingerprint density at radius 3 is 1.58 bits per heavy atom. The number of aromatic amines is 2. The zero-order valence-electron chi connectivity index (χ0n) is 30.3. The number of amides is 2. The van der Waals surface area contributed by atoms with Gasteiger partial charge < -0.3 is 34.8 Å². The van der Waals surface area contributed by atoms with Gasteiger partial charge >= 0.3 is 18.8 Å². The second-order valence-corrected chi connectivity index (χ2v) is 14.8. The van der Waals surface area contributed by atoms with E-state index in [0.29, 0.717) is 28.5 Å². The van der Waals surface area contributed by atoms with Gasteiger partial charge in [0.15, 0.2) is 0 Å². The fraction of sp³-hybridized carbons (Fsp3) is 0.459. The SMILES string of the molecule is CC(C)[C@H](NC(=O)OC(C)(C)C)c1ncc(-c2ccc(-c3ccc(-c4cnc([C@@H](NC(=O)OC(C)(C)C)C(C)C)[nH]4)c(OC(F)F)c3)cc2)[nH]1. The van der Waals surface area contributed by atoms with E-state index >= 15 is 0 Å². The molecule has 13 heteroatoms. The monoisotopic (exact) mass is 694 g/mol. The van der Waals surface area contributed by atoms with Crippen LogP contribution in [0.3, 0.4) is 0 Å². The summed E-state index contributed by atoms with van der Waals surface area (Å²) in [7, 11) is 0. The highest BCUT2D eigenvalue weighted by Gasteiger charge is 2.27. The zero-order valence-corrected chi connectivity index (χ0v) is 30.3. The van der Waals surface area contributed by atoms with Crippen molar-refractivity contribution < 1.29 is 32.6 Å². The smallest absolute Gasteiger partial charge is 0.408 e. The molecule has 11 nitrogen and oxygen atoms in total. The minimum absolute atomic E-state index is 0.0339. The predicted octanol–water partition coefficient (Wildman–Crippen LogP) is 9.18. The summed E-state index contributed by atoms with van der Waals surface area (Å²) in [4.78, 5) is 40.4. The van der Waals surface area contributed by atoms with Gasteiger partial charge in [-0.1, -0.05) is 58.0 Å². The molecule has 0 fully saturated rings. The minimum atomic E-state index is -3.06. The first-order valence-corrected chi connectivity index (χ1v) is 16.6. The van der Waals surface area contributed by atoms with Crippen molar-refractivity contribution in [1.82, 2.24) is 30.6 Å². The van der Waals surface area contributed by atoms with E-state index in [2.05, 4.69) is 30.6 Å². The number of carbonyl (C=O) groups is 2. The lowest BCUT2D eigenvalue weighted by Crippen LogP contribution is -2.37. The van der Waals surface area contributed by atoms with Gasteiger partial charge in [-0.05, 0) is 82.2 Å². The highest BCUT2D eigenvalue weighted by Crippen LogP contribution is 2.36. The lowest BCUT2D eigenvalue weighted by atomic mass is 10.00. The van der Waals surface area contributed by atoms with Gasteiger partial charge in [-0.3, -0.25) is 0 Å². The summed E-state index contributed by atoms with van der Waals surface area (Å²) in [6.45, 7) is 15.5. The lowest BCUT2D eigenvalue weighted by molar-refractivity contribution is -0.0494. The number of aromatic nitrogens is 4. The third-order valence-electron chi connectivity index (χ3n) is 7.48. The number of alkyl halides is 2. The van der Waals surface area contributed by atoms with Gasteiger partial charge in [0, 0.05) is 5.56 Å². The second-order valence-electron chi connectivity index (χ2n) is 14.8. The van der Waals surface area contributed by atoms with Crippen LogP contribution in [0.15, 0.2) is 54.9 Å².